The summed E-state index contributed by atoms with van der Waals surface area (Å²) in [4.78, 5) is 4.09. The van der Waals surface area contributed by atoms with E-state index in [4.69, 9.17) is 23.2 Å². The summed E-state index contributed by atoms with van der Waals surface area (Å²) in [7, 11) is 0. The van der Waals surface area contributed by atoms with Crippen LogP contribution in [-0.4, -0.2) is 4.98 Å². The molecule has 0 bridgehead atoms. The van der Waals surface area contributed by atoms with Crippen LogP contribution in [0.1, 0.15) is 0 Å². The van der Waals surface area contributed by atoms with E-state index in [9.17, 15) is 0 Å². The molecule has 78 valence electrons. The van der Waals surface area contributed by atoms with Gasteiger partial charge in [0, 0.05) is 14.9 Å². The van der Waals surface area contributed by atoms with Crippen molar-refractivity contribution in [1.82, 2.24) is 4.98 Å². The van der Waals surface area contributed by atoms with Gasteiger partial charge in [0.25, 0.3) is 0 Å². The number of thiazole rings is 1. The molecule has 0 aliphatic rings. The van der Waals surface area contributed by atoms with Gasteiger partial charge in [-0.25, -0.2) is 4.98 Å². The second-order valence-corrected chi connectivity index (χ2v) is 5.26. The van der Waals surface area contributed by atoms with E-state index in [0.717, 1.165) is 15.3 Å². The van der Waals surface area contributed by atoms with Crippen molar-refractivity contribution in [3.05, 3.63) is 38.2 Å². The van der Waals surface area contributed by atoms with E-state index in [2.05, 4.69) is 26.2 Å². The number of aromatic nitrogens is 1. The number of benzene rings is 1. The van der Waals surface area contributed by atoms with E-state index >= 15 is 0 Å². The molecule has 2 nitrogen and oxygen atoms in total. The summed E-state index contributed by atoms with van der Waals surface area (Å²) < 4.78 is 0.890. The first-order valence-corrected chi connectivity index (χ1v) is 6.41. The number of nitrogens with one attached hydrogen (secondary N) is 1. The van der Waals surface area contributed by atoms with Crippen molar-refractivity contribution < 1.29 is 0 Å². The van der Waals surface area contributed by atoms with E-state index in [0.29, 0.717) is 10.2 Å². The maximum Gasteiger partial charge on any atom is 0.188 e. The van der Waals surface area contributed by atoms with Crippen molar-refractivity contribution in [2.45, 2.75) is 0 Å². The molecule has 0 amide bonds. The normalized spacial score (nSPS) is 10.3. The van der Waals surface area contributed by atoms with Gasteiger partial charge in [-0.05, 0) is 34.1 Å². The van der Waals surface area contributed by atoms with Gasteiger partial charge in [-0.3, -0.25) is 0 Å². The lowest BCUT2D eigenvalue weighted by atomic mass is 10.3. The van der Waals surface area contributed by atoms with Crippen molar-refractivity contribution in [3.63, 3.8) is 0 Å². The Bertz CT molecular complexity index is 487. The number of anilines is 2. The predicted molar refractivity (Wildman–Crippen MR) is 69.6 cm³/mol. The first-order valence-electron chi connectivity index (χ1n) is 3.98. The fourth-order valence-corrected chi connectivity index (χ4v) is 2.65. The van der Waals surface area contributed by atoms with Crippen molar-refractivity contribution in [1.29, 1.82) is 0 Å². The van der Waals surface area contributed by atoms with Crippen LogP contribution in [0.2, 0.25) is 10.2 Å². The van der Waals surface area contributed by atoms with Gasteiger partial charge in [0.15, 0.2) is 5.13 Å². The van der Waals surface area contributed by atoms with Crippen LogP contribution in [0.4, 0.5) is 10.8 Å². The Kier molecular flexibility index (Phi) is 3.51. The van der Waals surface area contributed by atoms with Crippen LogP contribution in [-0.2, 0) is 0 Å². The third-order valence-electron chi connectivity index (χ3n) is 1.65. The monoisotopic (exact) mass is 322 g/mol. The summed E-state index contributed by atoms with van der Waals surface area (Å²) in [5, 5.41) is 6.84. The molecule has 0 aliphatic heterocycles. The lowest BCUT2D eigenvalue weighted by molar-refractivity contribution is 1.39. The Balaban J connectivity index is 2.24. The van der Waals surface area contributed by atoms with Crippen molar-refractivity contribution in [3.8, 4) is 0 Å². The topological polar surface area (TPSA) is 24.9 Å². The van der Waals surface area contributed by atoms with Crippen LogP contribution >= 0.6 is 50.5 Å². The van der Waals surface area contributed by atoms with E-state index < -0.39 is 0 Å². The third kappa shape index (κ3) is 2.84. The molecule has 2 aromatic rings. The SMILES string of the molecule is Clc1ccc(Nc2nc(Cl)cs2)c(Br)c1. The van der Waals surface area contributed by atoms with Crippen molar-refractivity contribution in [2.24, 2.45) is 0 Å². The Morgan fingerprint density at radius 1 is 1.33 bits per heavy atom. The standard InChI is InChI=1S/C9H5BrCl2N2S/c10-6-3-5(11)1-2-7(6)13-9-14-8(12)4-15-9/h1-4H,(H,13,14). The average molecular weight is 324 g/mol. The molecule has 0 spiro atoms. The highest BCUT2D eigenvalue weighted by atomic mass is 79.9. The molecule has 0 aliphatic carbocycles. The van der Waals surface area contributed by atoms with Crippen LogP contribution in [0.15, 0.2) is 28.1 Å². The highest BCUT2D eigenvalue weighted by molar-refractivity contribution is 9.10. The molecule has 0 saturated carbocycles. The number of rotatable bonds is 2. The van der Waals surface area contributed by atoms with Gasteiger partial charge in [0.05, 0.1) is 5.69 Å². The molecule has 0 radical (unpaired) electrons. The minimum absolute atomic E-state index is 0.493. The first-order chi connectivity index (χ1) is 7.15. The highest BCUT2D eigenvalue weighted by Crippen LogP contribution is 2.30. The van der Waals surface area contributed by atoms with Crippen molar-refractivity contribution in [2.75, 3.05) is 5.32 Å². The number of hydrogen-bond donors (Lipinski definition) is 1. The maximum atomic E-state index is 5.83. The Labute approximate surface area is 109 Å². The van der Waals surface area contributed by atoms with Crippen LogP contribution in [0.25, 0.3) is 0 Å². The maximum absolute atomic E-state index is 5.83. The third-order valence-corrected chi connectivity index (χ3v) is 3.62. The number of halogens is 3. The molecule has 6 heteroatoms. The predicted octanol–water partition coefficient (Wildman–Crippen LogP) is 4.96. The first kappa shape index (κ1) is 11.2. The zero-order chi connectivity index (χ0) is 10.8. The molecule has 15 heavy (non-hydrogen) atoms. The molecule has 1 aromatic carbocycles. The average Bonchev–Trinajstić information content (AvgIpc) is 2.56. The fraction of sp³-hybridized carbons (Fsp3) is 0. The van der Waals surface area contributed by atoms with Crippen LogP contribution in [0, 0.1) is 0 Å². The summed E-state index contributed by atoms with van der Waals surface area (Å²) in [6.07, 6.45) is 0. The van der Waals surface area contributed by atoms with E-state index in [-0.39, 0.29) is 0 Å². The van der Waals surface area contributed by atoms with Gasteiger partial charge >= 0.3 is 0 Å². The summed E-state index contributed by atoms with van der Waals surface area (Å²) in [6, 6.07) is 5.50. The van der Waals surface area contributed by atoms with Gasteiger partial charge in [-0.2, -0.15) is 0 Å². The summed E-state index contributed by atoms with van der Waals surface area (Å²) >= 11 is 16.4. The molecule has 0 saturated heterocycles. The summed E-state index contributed by atoms with van der Waals surface area (Å²) in [5.41, 5.74) is 0.908. The molecule has 1 heterocycles. The second-order valence-electron chi connectivity index (χ2n) is 2.72. The Hall–Kier alpha value is -0.290. The fourth-order valence-electron chi connectivity index (χ4n) is 1.02. The van der Waals surface area contributed by atoms with Gasteiger partial charge < -0.3 is 5.32 Å². The molecule has 0 unspecified atom stereocenters. The lowest BCUT2D eigenvalue weighted by Gasteiger charge is -2.05. The molecule has 2 rings (SSSR count). The minimum atomic E-state index is 0.493. The minimum Gasteiger partial charge on any atom is -0.331 e. The van der Waals surface area contributed by atoms with Crippen molar-refractivity contribution >= 4 is 61.3 Å². The van der Waals surface area contributed by atoms with E-state index in [1.54, 1.807) is 5.38 Å². The van der Waals surface area contributed by atoms with Gasteiger partial charge in [-0.15, -0.1) is 11.3 Å². The van der Waals surface area contributed by atoms with E-state index in [1.165, 1.54) is 11.3 Å². The quantitative estimate of drug-likeness (QED) is 0.845. The molecule has 1 N–H and O–H groups in total. The lowest BCUT2D eigenvalue weighted by Crippen LogP contribution is -1.90. The second kappa shape index (κ2) is 4.70. The molecular weight excluding hydrogens is 319 g/mol. The van der Waals surface area contributed by atoms with Crippen LogP contribution in [0.3, 0.4) is 0 Å². The molecule has 1 aromatic heterocycles. The zero-order valence-corrected chi connectivity index (χ0v) is 11.2. The van der Waals surface area contributed by atoms with Gasteiger partial charge in [-0.1, -0.05) is 23.2 Å². The summed E-state index contributed by atoms with van der Waals surface area (Å²) in [5.74, 6) is 0. The smallest absolute Gasteiger partial charge is 0.188 e. The Morgan fingerprint density at radius 3 is 2.73 bits per heavy atom. The van der Waals surface area contributed by atoms with E-state index in [1.807, 2.05) is 18.2 Å². The van der Waals surface area contributed by atoms with Crippen LogP contribution in [0.5, 0.6) is 0 Å². The largest absolute Gasteiger partial charge is 0.331 e. The molecule has 0 atom stereocenters. The van der Waals surface area contributed by atoms with Gasteiger partial charge in [0.1, 0.15) is 5.15 Å². The number of nitrogens with zero attached hydrogens (tertiary/aromatic N) is 1. The van der Waals surface area contributed by atoms with Crippen LogP contribution < -0.4 is 5.32 Å². The summed E-state index contributed by atoms with van der Waals surface area (Å²) in [6.45, 7) is 0. The molecule has 0 fully saturated rings. The zero-order valence-electron chi connectivity index (χ0n) is 7.30. The highest BCUT2D eigenvalue weighted by Gasteiger charge is 2.04. The Morgan fingerprint density at radius 2 is 2.13 bits per heavy atom. The number of hydrogen-bond acceptors (Lipinski definition) is 3. The molecular formula is C9H5BrCl2N2S. The van der Waals surface area contributed by atoms with Gasteiger partial charge in [0.2, 0.25) is 0 Å².